The van der Waals surface area contributed by atoms with Crippen LogP contribution in [0.2, 0.25) is 0 Å². The van der Waals surface area contributed by atoms with Crippen molar-refractivity contribution in [1.29, 1.82) is 0 Å². The van der Waals surface area contributed by atoms with Gasteiger partial charge in [-0.2, -0.15) is 0 Å². The Morgan fingerprint density at radius 2 is 1.76 bits per heavy atom. The van der Waals surface area contributed by atoms with Crippen molar-refractivity contribution in [2.45, 2.75) is 6.92 Å². The van der Waals surface area contributed by atoms with Gasteiger partial charge in [0.2, 0.25) is 5.91 Å². The Kier molecular flexibility index (Phi) is 6.36. The number of nitrogens with one attached hydrogen (secondary N) is 2. The standard InChI is InChI=1S/C18H21N3O4/c1-12-7-8-13(9-14(12)21-17(22)10-19)20-18(23)11-25-16-6-4-3-5-15(16)24-2/h3-9H,10-11,19H2,1-2H3,(H,20,23)(H,21,22). The summed E-state index contributed by atoms with van der Waals surface area (Å²) < 4.78 is 10.6. The van der Waals surface area contributed by atoms with Gasteiger partial charge in [0.05, 0.1) is 13.7 Å². The molecule has 0 aliphatic heterocycles. The summed E-state index contributed by atoms with van der Waals surface area (Å²) in [6.45, 7) is 1.57. The molecule has 0 saturated carbocycles. The maximum Gasteiger partial charge on any atom is 0.262 e. The van der Waals surface area contributed by atoms with Crippen molar-refractivity contribution < 1.29 is 19.1 Å². The molecule has 0 radical (unpaired) electrons. The minimum atomic E-state index is -0.328. The zero-order valence-electron chi connectivity index (χ0n) is 14.2. The number of rotatable bonds is 7. The lowest BCUT2D eigenvalue weighted by atomic mass is 10.1. The van der Waals surface area contributed by atoms with E-state index in [4.69, 9.17) is 15.2 Å². The van der Waals surface area contributed by atoms with Gasteiger partial charge in [0.25, 0.3) is 5.91 Å². The summed E-state index contributed by atoms with van der Waals surface area (Å²) in [7, 11) is 1.53. The number of anilines is 2. The summed E-state index contributed by atoms with van der Waals surface area (Å²) in [5, 5.41) is 5.40. The Bertz CT molecular complexity index is 762. The van der Waals surface area contributed by atoms with Gasteiger partial charge < -0.3 is 25.8 Å². The lowest BCUT2D eigenvalue weighted by Crippen LogP contribution is -2.23. The van der Waals surface area contributed by atoms with Gasteiger partial charge in [0.15, 0.2) is 18.1 Å². The first kappa shape index (κ1) is 18.3. The molecule has 0 aliphatic carbocycles. The number of ether oxygens (including phenoxy) is 2. The second-order valence-corrected chi connectivity index (χ2v) is 5.27. The molecular weight excluding hydrogens is 322 g/mol. The van der Waals surface area contributed by atoms with Gasteiger partial charge >= 0.3 is 0 Å². The molecule has 4 N–H and O–H groups in total. The van der Waals surface area contributed by atoms with Crippen LogP contribution in [0.25, 0.3) is 0 Å². The molecule has 0 atom stereocenters. The quantitative estimate of drug-likeness (QED) is 0.713. The normalized spacial score (nSPS) is 10.0. The predicted octanol–water partition coefficient (Wildman–Crippen LogP) is 1.92. The van der Waals surface area contributed by atoms with Crippen LogP contribution in [0.3, 0.4) is 0 Å². The Balaban J connectivity index is 1.98. The fourth-order valence-corrected chi connectivity index (χ4v) is 2.11. The first-order chi connectivity index (χ1) is 12.0. The summed E-state index contributed by atoms with van der Waals surface area (Å²) in [6.07, 6.45) is 0. The molecule has 0 aromatic heterocycles. The molecule has 0 fully saturated rings. The zero-order chi connectivity index (χ0) is 18.2. The molecule has 7 heteroatoms. The minimum Gasteiger partial charge on any atom is -0.493 e. The van der Waals surface area contributed by atoms with Crippen LogP contribution in [0.1, 0.15) is 5.56 Å². The smallest absolute Gasteiger partial charge is 0.262 e. The van der Waals surface area contributed by atoms with Crippen LogP contribution in [0.15, 0.2) is 42.5 Å². The number of carbonyl (C=O) groups is 2. The molecule has 2 amide bonds. The number of hydrogen-bond donors (Lipinski definition) is 3. The Hall–Kier alpha value is -3.06. The summed E-state index contributed by atoms with van der Waals surface area (Å²) in [5.74, 6) is 0.411. The van der Waals surface area contributed by atoms with Crippen LogP contribution in [0.5, 0.6) is 11.5 Å². The van der Waals surface area contributed by atoms with Gasteiger partial charge in [-0.1, -0.05) is 18.2 Å². The third-order valence-electron chi connectivity index (χ3n) is 3.41. The zero-order valence-corrected chi connectivity index (χ0v) is 14.2. The monoisotopic (exact) mass is 343 g/mol. The van der Waals surface area contributed by atoms with E-state index in [9.17, 15) is 9.59 Å². The highest BCUT2D eigenvalue weighted by atomic mass is 16.5. The molecule has 7 nitrogen and oxygen atoms in total. The minimum absolute atomic E-state index is 0.108. The molecule has 0 unspecified atom stereocenters. The second kappa shape index (κ2) is 8.70. The third-order valence-corrected chi connectivity index (χ3v) is 3.41. The van der Waals surface area contributed by atoms with Gasteiger partial charge in [0, 0.05) is 11.4 Å². The Morgan fingerprint density at radius 1 is 1.04 bits per heavy atom. The van der Waals surface area contributed by atoms with E-state index in [1.807, 2.05) is 13.0 Å². The first-order valence-corrected chi connectivity index (χ1v) is 7.69. The summed E-state index contributed by atoms with van der Waals surface area (Å²) in [5.41, 5.74) is 7.31. The van der Waals surface area contributed by atoms with Crippen LogP contribution in [-0.2, 0) is 9.59 Å². The lowest BCUT2D eigenvalue weighted by molar-refractivity contribution is -0.118. The van der Waals surface area contributed by atoms with Gasteiger partial charge in [-0.3, -0.25) is 9.59 Å². The third kappa shape index (κ3) is 5.22. The Morgan fingerprint density at radius 3 is 2.44 bits per heavy atom. The summed E-state index contributed by atoms with van der Waals surface area (Å²) in [6, 6.07) is 12.3. The van der Waals surface area contributed by atoms with Crippen molar-refractivity contribution in [3.05, 3.63) is 48.0 Å². The molecule has 25 heavy (non-hydrogen) atoms. The lowest BCUT2D eigenvalue weighted by Gasteiger charge is -2.12. The van der Waals surface area contributed by atoms with E-state index in [1.54, 1.807) is 36.4 Å². The van der Waals surface area contributed by atoms with E-state index >= 15 is 0 Å². The van der Waals surface area contributed by atoms with Crippen molar-refractivity contribution in [3.63, 3.8) is 0 Å². The van der Waals surface area contributed by atoms with E-state index < -0.39 is 0 Å². The highest BCUT2D eigenvalue weighted by Crippen LogP contribution is 2.25. The topological polar surface area (TPSA) is 103 Å². The number of hydrogen-bond acceptors (Lipinski definition) is 5. The molecule has 0 heterocycles. The largest absolute Gasteiger partial charge is 0.493 e. The molecule has 132 valence electrons. The van der Waals surface area contributed by atoms with Crippen molar-refractivity contribution in [2.75, 3.05) is 30.9 Å². The molecule has 0 spiro atoms. The average molecular weight is 343 g/mol. The van der Waals surface area contributed by atoms with Gasteiger partial charge in [-0.15, -0.1) is 0 Å². The van der Waals surface area contributed by atoms with E-state index in [-0.39, 0.29) is 25.0 Å². The molecule has 2 rings (SSSR count). The van der Waals surface area contributed by atoms with Crippen LogP contribution in [0.4, 0.5) is 11.4 Å². The van der Waals surface area contributed by atoms with Crippen LogP contribution in [0, 0.1) is 6.92 Å². The number of para-hydroxylation sites is 2. The molecule has 0 aliphatic rings. The van der Waals surface area contributed by atoms with Crippen molar-refractivity contribution in [2.24, 2.45) is 5.73 Å². The summed E-state index contributed by atoms with van der Waals surface area (Å²) in [4.78, 5) is 23.5. The van der Waals surface area contributed by atoms with Gasteiger partial charge in [-0.25, -0.2) is 0 Å². The predicted molar refractivity (Wildman–Crippen MR) is 96.0 cm³/mol. The second-order valence-electron chi connectivity index (χ2n) is 5.27. The fourth-order valence-electron chi connectivity index (χ4n) is 2.11. The molecule has 2 aromatic carbocycles. The number of nitrogens with two attached hydrogens (primary N) is 1. The summed E-state index contributed by atoms with van der Waals surface area (Å²) >= 11 is 0. The van der Waals surface area contributed by atoms with Crippen molar-refractivity contribution in [1.82, 2.24) is 0 Å². The number of carbonyl (C=O) groups excluding carboxylic acids is 2. The molecule has 2 aromatic rings. The maximum absolute atomic E-state index is 12.1. The van der Waals surface area contributed by atoms with Crippen LogP contribution < -0.4 is 25.8 Å². The number of benzene rings is 2. The van der Waals surface area contributed by atoms with Crippen LogP contribution in [-0.4, -0.2) is 32.1 Å². The first-order valence-electron chi connectivity index (χ1n) is 7.69. The molecule has 0 bridgehead atoms. The van der Waals surface area contributed by atoms with E-state index in [1.165, 1.54) is 7.11 Å². The van der Waals surface area contributed by atoms with E-state index in [0.717, 1.165) is 5.56 Å². The van der Waals surface area contributed by atoms with Gasteiger partial charge in [0.1, 0.15) is 0 Å². The van der Waals surface area contributed by atoms with Crippen LogP contribution >= 0.6 is 0 Å². The SMILES string of the molecule is COc1ccccc1OCC(=O)Nc1ccc(C)c(NC(=O)CN)c1. The number of aryl methyl sites for hydroxylation is 1. The van der Waals surface area contributed by atoms with E-state index in [0.29, 0.717) is 22.9 Å². The maximum atomic E-state index is 12.1. The highest BCUT2D eigenvalue weighted by Gasteiger charge is 2.09. The number of methoxy groups -OCH3 is 1. The fraction of sp³-hybridized carbons (Fsp3) is 0.222. The Labute approximate surface area is 146 Å². The van der Waals surface area contributed by atoms with Crippen molar-refractivity contribution in [3.8, 4) is 11.5 Å². The van der Waals surface area contributed by atoms with E-state index in [2.05, 4.69) is 10.6 Å². The molecular formula is C18H21N3O4. The van der Waals surface area contributed by atoms with Gasteiger partial charge in [-0.05, 0) is 36.8 Å². The average Bonchev–Trinajstić information content (AvgIpc) is 2.62. The highest BCUT2D eigenvalue weighted by molar-refractivity contribution is 5.95. The van der Waals surface area contributed by atoms with Crippen molar-refractivity contribution >= 4 is 23.2 Å². The molecule has 0 saturated heterocycles. The number of amides is 2.